The molecule has 0 aliphatic heterocycles. The van der Waals surface area contributed by atoms with Crippen molar-refractivity contribution in [1.29, 1.82) is 0 Å². The number of nitrogens with zero attached hydrogens (tertiary/aromatic N) is 4. The van der Waals surface area contributed by atoms with Crippen molar-refractivity contribution in [2.45, 2.75) is 11.4 Å². The lowest BCUT2D eigenvalue weighted by Crippen LogP contribution is -2.27. The number of hydrogen-bond acceptors (Lipinski definition) is 5. The lowest BCUT2D eigenvalue weighted by molar-refractivity contribution is 0.573. The lowest BCUT2D eigenvalue weighted by Gasteiger charge is -2.10. The molecule has 9 heteroatoms. The Balaban J connectivity index is 1.70. The van der Waals surface area contributed by atoms with Crippen LogP contribution in [0, 0.1) is 0 Å². The Kier molecular flexibility index (Phi) is 5.03. The number of rotatable bonds is 6. The molecule has 0 atom stereocenters. The molecule has 0 radical (unpaired) electrons. The second kappa shape index (κ2) is 7.20. The van der Waals surface area contributed by atoms with Crippen molar-refractivity contribution in [3.8, 4) is 11.5 Å². The first-order valence-corrected chi connectivity index (χ1v) is 9.37. The maximum absolute atomic E-state index is 12.3. The highest BCUT2D eigenvalue weighted by Gasteiger charge is 2.16. The molecule has 3 rings (SSSR count). The summed E-state index contributed by atoms with van der Waals surface area (Å²) in [6.45, 7) is 0.656. The SMILES string of the molecule is O=S(=O)(NCCn1ccnc1-c1cnccn1)c1ccccc1Br. The van der Waals surface area contributed by atoms with E-state index < -0.39 is 10.0 Å². The number of hydrogen-bond donors (Lipinski definition) is 1. The lowest BCUT2D eigenvalue weighted by atomic mass is 10.4. The van der Waals surface area contributed by atoms with E-state index >= 15 is 0 Å². The van der Waals surface area contributed by atoms with Gasteiger partial charge < -0.3 is 4.57 Å². The molecule has 1 N–H and O–H groups in total. The van der Waals surface area contributed by atoms with Crippen LogP contribution in [0.5, 0.6) is 0 Å². The molecule has 1 aromatic carbocycles. The fourth-order valence-electron chi connectivity index (χ4n) is 2.18. The van der Waals surface area contributed by atoms with Crippen LogP contribution < -0.4 is 4.72 Å². The minimum atomic E-state index is -3.58. The summed E-state index contributed by atoms with van der Waals surface area (Å²) in [5.41, 5.74) is 0.635. The Bertz CT molecular complexity index is 928. The number of halogens is 1. The minimum absolute atomic E-state index is 0.213. The molecule has 7 nitrogen and oxygen atoms in total. The van der Waals surface area contributed by atoms with Crippen LogP contribution in [-0.2, 0) is 16.6 Å². The van der Waals surface area contributed by atoms with Gasteiger partial charge in [0.1, 0.15) is 5.69 Å². The first-order chi connectivity index (χ1) is 11.6. The van der Waals surface area contributed by atoms with Gasteiger partial charge in [-0.25, -0.2) is 23.1 Å². The summed E-state index contributed by atoms with van der Waals surface area (Å²) < 4.78 is 29.6. The van der Waals surface area contributed by atoms with Crippen LogP contribution in [0.2, 0.25) is 0 Å². The van der Waals surface area contributed by atoms with Gasteiger partial charge in [-0.1, -0.05) is 12.1 Å². The Morgan fingerprint density at radius 3 is 2.71 bits per heavy atom. The molecule has 124 valence electrons. The molecule has 24 heavy (non-hydrogen) atoms. The number of imidazole rings is 1. The van der Waals surface area contributed by atoms with Crippen molar-refractivity contribution in [2.75, 3.05) is 6.54 Å². The smallest absolute Gasteiger partial charge is 0.241 e. The Labute approximate surface area is 148 Å². The van der Waals surface area contributed by atoms with Gasteiger partial charge in [-0.3, -0.25) is 4.98 Å². The first kappa shape index (κ1) is 16.7. The maximum Gasteiger partial charge on any atom is 0.241 e. The molecule has 2 heterocycles. The van der Waals surface area contributed by atoms with Crippen LogP contribution in [0.15, 0.2) is 64.6 Å². The highest BCUT2D eigenvalue weighted by molar-refractivity contribution is 9.10. The van der Waals surface area contributed by atoms with Crippen molar-refractivity contribution >= 4 is 26.0 Å². The fraction of sp³-hybridized carbons (Fsp3) is 0.133. The third-order valence-electron chi connectivity index (χ3n) is 3.28. The average molecular weight is 408 g/mol. The van der Waals surface area contributed by atoms with Gasteiger partial charge in [0.15, 0.2) is 5.82 Å². The molecule has 0 saturated carbocycles. The van der Waals surface area contributed by atoms with Crippen LogP contribution in [0.3, 0.4) is 0 Å². The summed E-state index contributed by atoms with van der Waals surface area (Å²) in [4.78, 5) is 12.7. The van der Waals surface area contributed by atoms with Gasteiger partial charge in [-0.2, -0.15) is 0 Å². The van der Waals surface area contributed by atoms with Crippen molar-refractivity contribution in [3.63, 3.8) is 0 Å². The Hall–Kier alpha value is -2.10. The molecule has 3 aromatic rings. The summed E-state index contributed by atoms with van der Waals surface area (Å²) in [6, 6.07) is 6.69. The number of sulfonamides is 1. The second-order valence-electron chi connectivity index (χ2n) is 4.86. The van der Waals surface area contributed by atoms with E-state index in [2.05, 4.69) is 35.6 Å². The summed E-state index contributed by atoms with van der Waals surface area (Å²) in [5, 5.41) is 0. The van der Waals surface area contributed by atoms with Crippen LogP contribution in [0.4, 0.5) is 0 Å². The molecule has 0 spiro atoms. The van der Waals surface area contributed by atoms with Crippen LogP contribution >= 0.6 is 15.9 Å². The molecular formula is C15H14BrN5O2S. The Morgan fingerprint density at radius 1 is 1.12 bits per heavy atom. The van der Waals surface area contributed by atoms with Crippen LogP contribution in [0.25, 0.3) is 11.5 Å². The third-order valence-corrected chi connectivity index (χ3v) is 5.75. The highest BCUT2D eigenvalue weighted by atomic mass is 79.9. The molecule has 2 aromatic heterocycles. The van der Waals surface area contributed by atoms with E-state index in [9.17, 15) is 8.42 Å². The molecule has 0 bridgehead atoms. The van der Waals surface area contributed by atoms with E-state index in [1.165, 1.54) is 0 Å². The van der Waals surface area contributed by atoms with E-state index in [0.29, 0.717) is 22.5 Å². The van der Waals surface area contributed by atoms with Crippen molar-refractivity contribution in [1.82, 2.24) is 24.2 Å². The second-order valence-corrected chi connectivity index (χ2v) is 7.45. The molecule has 0 saturated heterocycles. The molecule has 0 unspecified atom stereocenters. The fourth-order valence-corrected chi connectivity index (χ4v) is 4.20. The molecule has 0 amide bonds. The topological polar surface area (TPSA) is 89.8 Å². The van der Waals surface area contributed by atoms with Gasteiger partial charge >= 0.3 is 0 Å². The van der Waals surface area contributed by atoms with E-state index in [1.807, 2.05) is 4.57 Å². The van der Waals surface area contributed by atoms with Crippen molar-refractivity contribution in [3.05, 3.63) is 59.7 Å². The van der Waals surface area contributed by atoms with Gasteiger partial charge in [-0.05, 0) is 28.1 Å². The van der Waals surface area contributed by atoms with Gasteiger partial charge in [0.05, 0.1) is 11.1 Å². The normalized spacial score (nSPS) is 11.5. The standard InChI is InChI=1S/C15H14BrN5O2S/c16-12-3-1-2-4-14(12)24(22,23)20-8-10-21-9-7-19-15(21)13-11-17-5-6-18-13/h1-7,9,11,20H,8,10H2. The van der Waals surface area contributed by atoms with E-state index in [0.717, 1.165) is 0 Å². The minimum Gasteiger partial charge on any atom is -0.328 e. The molecule has 0 aliphatic rings. The van der Waals surface area contributed by atoms with Gasteiger partial charge in [0.25, 0.3) is 0 Å². The maximum atomic E-state index is 12.3. The number of nitrogens with one attached hydrogen (secondary N) is 1. The summed E-state index contributed by atoms with van der Waals surface area (Å²) in [7, 11) is -3.58. The molecular weight excluding hydrogens is 394 g/mol. The summed E-state index contributed by atoms with van der Waals surface area (Å²) in [5.74, 6) is 0.642. The summed E-state index contributed by atoms with van der Waals surface area (Å²) >= 11 is 3.26. The molecule has 0 fully saturated rings. The quantitative estimate of drug-likeness (QED) is 0.675. The van der Waals surface area contributed by atoms with Crippen LogP contribution in [-0.4, -0.2) is 34.5 Å². The predicted octanol–water partition coefficient (Wildman–Crippen LogP) is 2.08. The zero-order chi connectivity index (χ0) is 17.0. The zero-order valence-electron chi connectivity index (χ0n) is 12.5. The third kappa shape index (κ3) is 3.69. The highest BCUT2D eigenvalue weighted by Crippen LogP contribution is 2.20. The van der Waals surface area contributed by atoms with E-state index in [4.69, 9.17) is 0 Å². The van der Waals surface area contributed by atoms with E-state index in [1.54, 1.807) is 55.2 Å². The van der Waals surface area contributed by atoms with Gasteiger partial charge in [-0.15, -0.1) is 0 Å². The zero-order valence-corrected chi connectivity index (χ0v) is 14.9. The van der Waals surface area contributed by atoms with Crippen molar-refractivity contribution < 1.29 is 8.42 Å². The average Bonchev–Trinajstić information content (AvgIpc) is 3.04. The van der Waals surface area contributed by atoms with Crippen molar-refractivity contribution in [2.24, 2.45) is 0 Å². The number of aromatic nitrogens is 4. The van der Waals surface area contributed by atoms with Gasteiger partial charge in [0.2, 0.25) is 10.0 Å². The molecule has 0 aliphatic carbocycles. The van der Waals surface area contributed by atoms with Crippen LogP contribution in [0.1, 0.15) is 0 Å². The predicted molar refractivity (Wildman–Crippen MR) is 92.6 cm³/mol. The van der Waals surface area contributed by atoms with Gasteiger partial charge in [0, 0.05) is 42.3 Å². The number of benzene rings is 1. The van der Waals surface area contributed by atoms with E-state index in [-0.39, 0.29) is 11.4 Å². The summed E-state index contributed by atoms with van der Waals surface area (Å²) in [6.07, 6.45) is 8.21. The monoisotopic (exact) mass is 407 g/mol. The first-order valence-electron chi connectivity index (χ1n) is 7.09. The largest absolute Gasteiger partial charge is 0.328 e. The Morgan fingerprint density at radius 2 is 1.96 bits per heavy atom.